The first-order valence-electron chi connectivity index (χ1n) is 9.46. The highest BCUT2D eigenvalue weighted by atomic mass is 32.2. The van der Waals surface area contributed by atoms with E-state index in [-0.39, 0.29) is 18.2 Å². The Bertz CT molecular complexity index is 1020. The van der Waals surface area contributed by atoms with E-state index >= 15 is 0 Å². The Balaban J connectivity index is 1.39. The fraction of sp³-hybridized carbons (Fsp3) is 0.227. The molecular weight excluding hydrogens is 418 g/mol. The molecule has 3 aromatic rings. The third-order valence-corrected chi connectivity index (χ3v) is 6.72. The molecule has 30 heavy (non-hydrogen) atoms. The van der Waals surface area contributed by atoms with Crippen molar-refractivity contribution in [1.29, 1.82) is 0 Å². The topological polar surface area (TPSA) is 71.5 Å². The second-order valence-corrected chi connectivity index (χ2v) is 8.64. The minimum Gasteiger partial charge on any atom is -0.497 e. The van der Waals surface area contributed by atoms with E-state index in [1.807, 2.05) is 35.7 Å². The molecule has 1 N–H and O–H groups in total. The van der Waals surface area contributed by atoms with Crippen LogP contribution in [0.1, 0.15) is 5.69 Å². The van der Waals surface area contributed by atoms with Crippen LogP contribution in [0.2, 0.25) is 0 Å². The molecular formula is C22H21N3O3S2. The van der Waals surface area contributed by atoms with E-state index in [2.05, 4.69) is 10.3 Å². The molecule has 2 heterocycles. The quantitative estimate of drug-likeness (QED) is 0.631. The highest BCUT2D eigenvalue weighted by Gasteiger charge is 2.34. The summed E-state index contributed by atoms with van der Waals surface area (Å²) in [6.45, 7) is 0. The van der Waals surface area contributed by atoms with Crippen molar-refractivity contribution in [3.63, 3.8) is 0 Å². The van der Waals surface area contributed by atoms with Crippen LogP contribution in [0.5, 0.6) is 5.75 Å². The Morgan fingerprint density at radius 1 is 1.17 bits per heavy atom. The summed E-state index contributed by atoms with van der Waals surface area (Å²) in [5.74, 6) is 1.55. The molecule has 2 amide bonds. The van der Waals surface area contributed by atoms with E-state index in [1.54, 1.807) is 48.0 Å². The standard InChI is InChI=1S/C22H21N3O3S2/c1-28-18-9-7-16(8-10-18)23-21(27)19-13-29-14-25(19)20(26)11-17-12-30-22(24-17)15-5-3-2-4-6-15/h2-10,12,19H,11,13-14H2,1H3,(H,23,27). The van der Waals surface area contributed by atoms with Crippen LogP contribution in [-0.4, -0.2) is 46.5 Å². The number of thiazole rings is 1. The van der Waals surface area contributed by atoms with E-state index in [0.29, 0.717) is 17.3 Å². The molecule has 1 atom stereocenters. The number of nitrogens with zero attached hydrogens (tertiary/aromatic N) is 2. The number of anilines is 1. The van der Waals surface area contributed by atoms with Gasteiger partial charge in [0.05, 0.1) is 25.1 Å². The minimum absolute atomic E-state index is 0.0835. The van der Waals surface area contributed by atoms with Crippen molar-refractivity contribution in [2.75, 3.05) is 24.1 Å². The summed E-state index contributed by atoms with van der Waals surface area (Å²) in [7, 11) is 1.60. The maximum absolute atomic E-state index is 12.9. The fourth-order valence-electron chi connectivity index (χ4n) is 3.16. The highest BCUT2D eigenvalue weighted by molar-refractivity contribution is 7.99. The number of hydrogen-bond acceptors (Lipinski definition) is 6. The van der Waals surface area contributed by atoms with Crippen LogP contribution in [0.15, 0.2) is 60.0 Å². The predicted octanol–water partition coefficient (Wildman–Crippen LogP) is 3.90. The fourth-order valence-corrected chi connectivity index (χ4v) is 5.17. The Morgan fingerprint density at radius 2 is 1.93 bits per heavy atom. The second-order valence-electron chi connectivity index (χ2n) is 6.78. The van der Waals surface area contributed by atoms with Gasteiger partial charge in [-0.3, -0.25) is 9.59 Å². The molecule has 154 valence electrons. The van der Waals surface area contributed by atoms with Crippen molar-refractivity contribution < 1.29 is 14.3 Å². The smallest absolute Gasteiger partial charge is 0.248 e. The van der Waals surface area contributed by atoms with Gasteiger partial charge in [0.25, 0.3) is 0 Å². The Hall–Kier alpha value is -2.84. The Labute approximate surface area is 183 Å². The van der Waals surface area contributed by atoms with Crippen molar-refractivity contribution >= 4 is 40.6 Å². The summed E-state index contributed by atoms with van der Waals surface area (Å²) in [5.41, 5.74) is 2.45. The molecule has 0 radical (unpaired) electrons. The van der Waals surface area contributed by atoms with Crippen molar-refractivity contribution in [2.45, 2.75) is 12.5 Å². The summed E-state index contributed by atoms with van der Waals surface area (Å²) in [6.07, 6.45) is 0.191. The number of benzene rings is 2. The Morgan fingerprint density at radius 3 is 2.67 bits per heavy atom. The zero-order valence-electron chi connectivity index (χ0n) is 16.4. The van der Waals surface area contributed by atoms with Gasteiger partial charge in [-0.2, -0.15) is 0 Å². The average molecular weight is 440 g/mol. The zero-order valence-corrected chi connectivity index (χ0v) is 18.0. The molecule has 2 aromatic carbocycles. The van der Waals surface area contributed by atoms with Crippen LogP contribution in [0.4, 0.5) is 5.69 Å². The molecule has 1 aliphatic rings. The van der Waals surface area contributed by atoms with E-state index in [4.69, 9.17) is 4.74 Å². The van der Waals surface area contributed by atoms with Gasteiger partial charge in [0.1, 0.15) is 16.8 Å². The number of rotatable bonds is 6. The van der Waals surface area contributed by atoms with Crippen LogP contribution >= 0.6 is 23.1 Å². The summed E-state index contributed by atoms with van der Waals surface area (Å²) in [5, 5.41) is 5.70. The molecule has 0 saturated carbocycles. The zero-order chi connectivity index (χ0) is 20.9. The highest BCUT2D eigenvalue weighted by Crippen LogP contribution is 2.26. The molecule has 1 aromatic heterocycles. The van der Waals surface area contributed by atoms with Crippen molar-refractivity contribution in [3.8, 4) is 16.3 Å². The van der Waals surface area contributed by atoms with Crippen LogP contribution < -0.4 is 10.1 Å². The van der Waals surface area contributed by atoms with Gasteiger partial charge in [-0.15, -0.1) is 23.1 Å². The lowest BCUT2D eigenvalue weighted by Crippen LogP contribution is -2.45. The molecule has 4 rings (SSSR count). The molecule has 0 spiro atoms. The van der Waals surface area contributed by atoms with Crippen LogP contribution in [0.25, 0.3) is 10.6 Å². The summed E-state index contributed by atoms with van der Waals surface area (Å²) < 4.78 is 5.13. The first-order chi connectivity index (χ1) is 14.6. The third-order valence-electron chi connectivity index (χ3n) is 4.77. The number of aromatic nitrogens is 1. The molecule has 8 heteroatoms. The largest absolute Gasteiger partial charge is 0.497 e. The number of carbonyl (C=O) groups excluding carboxylic acids is 2. The lowest BCUT2D eigenvalue weighted by molar-refractivity contribution is -0.135. The van der Waals surface area contributed by atoms with Gasteiger partial charge in [0.15, 0.2) is 0 Å². The van der Waals surface area contributed by atoms with Gasteiger partial charge in [-0.05, 0) is 24.3 Å². The molecule has 1 unspecified atom stereocenters. The van der Waals surface area contributed by atoms with Gasteiger partial charge < -0.3 is 15.0 Å². The van der Waals surface area contributed by atoms with E-state index in [1.165, 1.54) is 11.3 Å². The first-order valence-corrected chi connectivity index (χ1v) is 11.5. The van der Waals surface area contributed by atoms with Crippen molar-refractivity contribution in [1.82, 2.24) is 9.88 Å². The Kier molecular flexibility index (Phi) is 6.35. The molecule has 1 aliphatic heterocycles. The first kappa shape index (κ1) is 20.4. The van der Waals surface area contributed by atoms with Gasteiger partial charge in [-0.25, -0.2) is 4.98 Å². The monoisotopic (exact) mass is 439 g/mol. The summed E-state index contributed by atoms with van der Waals surface area (Å²) in [6, 6.07) is 16.5. The number of thioether (sulfide) groups is 1. The van der Waals surface area contributed by atoms with Crippen molar-refractivity contribution in [2.24, 2.45) is 0 Å². The van der Waals surface area contributed by atoms with E-state index in [9.17, 15) is 9.59 Å². The SMILES string of the molecule is COc1ccc(NC(=O)C2CSCN2C(=O)Cc2csc(-c3ccccc3)n2)cc1. The number of methoxy groups -OCH3 is 1. The van der Waals surface area contributed by atoms with Crippen LogP contribution in [-0.2, 0) is 16.0 Å². The normalized spacial score (nSPS) is 15.8. The van der Waals surface area contributed by atoms with Crippen LogP contribution in [0, 0.1) is 0 Å². The average Bonchev–Trinajstić information content (AvgIpc) is 3.45. The molecule has 0 aliphatic carbocycles. The lowest BCUT2D eigenvalue weighted by atomic mass is 10.2. The summed E-state index contributed by atoms with van der Waals surface area (Å²) in [4.78, 5) is 31.9. The second kappa shape index (κ2) is 9.32. The molecule has 6 nitrogen and oxygen atoms in total. The number of nitrogens with one attached hydrogen (secondary N) is 1. The lowest BCUT2D eigenvalue weighted by Gasteiger charge is -2.23. The predicted molar refractivity (Wildman–Crippen MR) is 121 cm³/mol. The van der Waals surface area contributed by atoms with E-state index in [0.717, 1.165) is 22.0 Å². The number of carbonyl (C=O) groups is 2. The number of hydrogen-bond donors (Lipinski definition) is 1. The number of amides is 2. The van der Waals surface area contributed by atoms with Gasteiger partial charge in [0, 0.05) is 22.4 Å². The number of ether oxygens (including phenoxy) is 1. The minimum atomic E-state index is -0.489. The third kappa shape index (κ3) is 4.66. The molecule has 0 bridgehead atoms. The van der Waals surface area contributed by atoms with Crippen molar-refractivity contribution in [3.05, 3.63) is 65.7 Å². The van der Waals surface area contributed by atoms with Crippen LogP contribution in [0.3, 0.4) is 0 Å². The maximum atomic E-state index is 12.9. The maximum Gasteiger partial charge on any atom is 0.248 e. The van der Waals surface area contributed by atoms with Gasteiger partial charge >= 0.3 is 0 Å². The van der Waals surface area contributed by atoms with Gasteiger partial charge in [-0.1, -0.05) is 30.3 Å². The molecule has 1 saturated heterocycles. The summed E-state index contributed by atoms with van der Waals surface area (Å²) >= 11 is 3.11. The van der Waals surface area contributed by atoms with E-state index < -0.39 is 6.04 Å². The molecule has 1 fully saturated rings. The van der Waals surface area contributed by atoms with Gasteiger partial charge in [0.2, 0.25) is 11.8 Å².